The summed E-state index contributed by atoms with van der Waals surface area (Å²) < 4.78 is 5.23. The van der Waals surface area contributed by atoms with Crippen LogP contribution in [0, 0.1) is 0 Å². The van der Waals surface area contributed by atoms with Crippen molar-refractivity contribution in [1.29, 1.82) is 0 Å². The Morgan fingerprint density at radius 1 is 1.20 bits per heavy atom. The molecule has 25 heavy (non-hydrogen) atoms. The zero-order valence-corrected chi connectivity index (χ0v) is 15.0. The van der Waals surface area contributed by atoms with Crippen LogP contribution in [0.4, 0.5) is 5.69 Å². The molecule has 6 heteroatoms. The third kappa shape index (κ3) is 4.72. The number of amides is 1. The van der Waals surface area contributed by atoms with Gasteiger partial charge < -0.3 is 15.4 Å². The molecule has 132 valence electrons. The van der Waals surface area contributed by atoms with Gasteiger partial charge in [0.15, 0.2) is 0 Å². The maximum Gasteiger partial charge on any atom is 0.259 e. The first-order chi connectivity index (χ1) is 12.2. The van der Waals surface area contributed by atoms with Crippen LogP contribution in [0.15, 0.2) is 42.5 Å². The molecule has 0 bridgehead atoms. The van der Waals surface area contributed by atoms with E-state index in [-0.39, 0.29) is 5.91 Å². The zero-order valence-electron chi connectivity index (χ0n) is 14.2. The molecule has 0 aliphatic carbocycles. The fourth-order valence-corrected chi connectivity index (χ4v) is 3.05. The summed E-state index contributed by atoms with van der Waals surface area (Å²) in [6.45, 7) is 5.13. The number of benzene rings is 2. The minimum absolute atomic E-state index is 0.241. The molecule has 0 radical (unpaired) electrons. The van der Waals surface area contributed by atoms with Gasteiger partial charge in [-0.05, 0) is 35.9 Å². The number of hydrogen-bond donors (Lipinski definition) is 2. The second kappa shape index (κ2) is 8.34. The second-order valence-corrected chi connectivity index (χ2v) is 6.46. The molecule has 1 aliphatic rings. The van der Waals surface area contributed by atoms with Crippen LogP contribution < -0.4 is 15.4 Å². The number of carbonyl (C=O) groups excluding carboxylic acids is 1. The molecule has 0 atom stereocenters. The molecule has 2 N–H and O–H groups in total. The Balaban J connectivity index is 1.65. The number of carbonyl (C=O) groups is 1. The number of piperazine rings is 1. The van der Waals surface area contributed by atoms with E-state index in [2.05, 4.69) is 15.5 Å². The quantitative estimate of drug-likeness (QED) is 0.861. The highest BCUT2D eigenvalue weighted by molar-refractivity contribution is 6.31. The molecule has 1 saturated heterocycles. The number of hydrogen-bond acceptors (Lipinski definition) is 4. The van der Waals surface area contributed by atoms with Gasteiger partial charge in [-0.25, -0.2) is 0 Å². The van der Waals surface area contributed by atoms with E-state index in [9.17, 15) is 4.79 Å². The summed E-state index contributed by atoms with van der Waals surface area (Å²) in [7, 11) is 1.53. The van der Waals surface area contributed by atoms with E-state index >= 15 is 0 Å². The van der Waals surface area contributed by atoms with Crippen LogP contribution in [0.2, 0.25) is 5.02 Å². The van der Waals surface area contributed by atoms with Crippen molar-refractivity contribution >= 4 is 23.2 Å². The van der Waals surface area contributed by atoms with Crippen molar-refractivity contribution in [3.05, 3.63) is 58.6 Å². The highest BCUT2D eigenvalue weighted by atomic mass is 35.5. The first kappa shape index (κ1) is 17.7. The van der Waals surface area contributed by atoms with Crippen molar-refractivity contribution < 1.29 is 9.53 Å². The molecule has 1 aliphatic heterocycles. The fraction of sp³-hybridized carbons (Fsp3) is 0.316. The average molecular weight is 360 g/mol. The van der Waals surface area contributed by atoms with Gasteiger partial charge in [0.2, 0.25) is 0 Å². The van der Waals surface area contributed by atoms with Crippen molar-refractivity contribution in [2.24, 2.45) is 0 Å². The maximum absolute atomic E-state index is 12.5. The van der Waals surface area contributed by atoms with E-state index < -0.39 is 0 Å². The molecule has 1 fully saturated rings. The summed E-state index contributed by atoms with van der Waals surface area (Å²) in [5, 5.41) is 6.74. The predicted octanol–water partition coefficient (Wildman–Crippen LogP) is 3.01. The summed E-state index contributed by atoms with van der Waals surface area (Å²) in [5.41, 5.74) is 2.40. The molecule has 2 aromatic carbocycles. The highest BCUT2D eigenvalue weighted by Gasteiger charge is 2.14. The summed E-state index contributed by atoms with van der Waals surface area (Å²) >= 11 is 5.99. The number of halogens is 1. The number of methoxy groups -OCH3 is 1. The van der Waals surface area contributed by atoms with Crippen LogP contribution in [0.5, 0.6) is 5.75 Å². The van der Waals surface area contributed by atoms with Gasteiger partial charge in [0.25, 0.3) is 5.91 Å². The van der Waals surface area contributed by atoms with Crippen molar-refractivity contribution in [3.63, 3.8) is 0 Å². The van der Waals surface area contributed by atoms with E-state index in [1.165, 1.54) is 12.7 Å². The Labute approximate surface area is 152 Å². The zero-order chi connectivity index (χ0) is 17.6. The Hall–Kier alpha value is -2.08. The lowest BCUT2D eigenvalue weighted by Crippen LogP contribution is -2.42. The van der Waals surface area contributed by atoms with Crippen LogP contribution in [0.1, 0.15) is 15.9 Å². The first-order valence-corrected chi connectivity index (χ1v) is 8.70. The number of rotatable bonds is 5. The summed E-state index contributed by atoms with van der Waals surface area (Å²) in [6, 6.07) is 12.9. The van der Waals surface area contributed by atoms with E-state index in [0.29, 0.717) is 16.3 Å². The lowest BCUT2D eigenvalue weighted by atomic mass is 10.1. The van der Waals surface area contributed by atoms with E-state index in [1.807, 2.05) is 24.3 Å². The van der Waals surface area contributed by atoms with Gasteiger partial charge in [0.05, 0.1) is 12.7 Å². The van der Waals surface area contributed by atoms with E-state index in [0.717, 1.165) is 38.4 Å². The molecular formula is C19H22ClN3O2. The van der Waals surface area contributed by atoms with Gasteiger partial charge in [-0.2, -0.15) is 0 Å². The standard InChI is InChI=1S/C19H22ClN3O2/c1-25-18-7-4-15(20)12-17(18)19(24)22-16-5-2-14(3-6-16)13-23-10-8-21-9-11-23/h2-7,12,21H,8-11,13H2,1H3,(H,22,24). The number of nitrogens with one attached hydrogen (secondary N) is 2. The van der Waals surface area contributed by atoms with Gasteiger partial charge in [0.1, 0.15) is 5.75 Å². The highest BCUT2D eigenvalue weighted by Crippen LogP contribution is 2.24. The Morgan fingerprint density at radius 2 is 1.92 bits per heavy atom. The molecule has 0 aromatic heterocycles. The van der Waals surface area contributed by atoms with Crippen LogP contribution >= 0.6 is 11.6 Å². The van der Waals surface area contributed by atoms with Crippen LogP contribution in [-0.4, -0.2) is 44.1 Å². The molecule has 0 saturated carbocycles. The smallest absolute Gasteiger partial charge is 0.259 e. The topological polar surface area (TPSA) is 53.6 Å². The SMILES string of the molecule is COc1ccc(Cl)cc1C(=O)Nc1ccc(CN2CCNCC2)cc1. The predicted molar refractivity (Wildman–Crippen MR) is 101 cm³/mol. The maximum atomic E-state index is 12.5. The van der Waals surface area contributed by atoms with Gasteiger partial charge in [-0.15, -0.1) is 0 Å². The van der Waals surface area contributed by atoms with Gasteiger partial charge >= 0.3 is 0 Å². The summed E-state index contributed by atoms with van der Waals surface area (Å²) in [5.74, 6) is 0.256. The minimum atomic E-state index is -0.241. The normalized spacial score (nSPS) is 15.0. The monoisotopic (exact) mass is 359 g/mol. The number of nitrogens with zero attached hydrogens (tertiary/aromatic N) is 1. The van der Waals surface area contributed by atoms with Gasteiger partial charge in [0, 0.05) is 43.4 Å². The second-order valence-electron chi connectivity index (χ2n) is 6.02. The molecule has 0 spiro atoms. The third-order valence-electron chi connectivity index (χ3n) is 4.23. The molecular weight excluding hydrogens is 338 g/mol. The van der Waals surface area contributed by atoms with Crippen LogP contribution in [0.25, 0.3) is 0 Å². The lowest BCUT2D eigenvalue weighted by molar-refractivity contribution is 0.102. The number of ether oxygens (including phenoxy) is 1. The van der Waals surface area contributed by atoms with Crippen LogP contribution in [0.3, 0.4) is 0 Å². The van der Waals surface area contributed by atoms with E-state index in [4.69, 9.17) is 16.3 Å². The number of anilines is 1. The van der Waals surface area contributed by atoms with Crippen molar-refractivity contribution in [3.8, 4) is 5.75 Å². The average Bonchev–Trinajstić information content (AvgIpc) is 2.64. The largest absolute Gasteiger partial charge is 0.496 e. The lowest BCUT2D eigenvalue weighted by Gasteiger charge is -2.27. The summed E-state index contributed by atoms with van der Waals surface area (Å²) in [4.78, 5) is 14.9. The van der Waals surface area contributed by atoms with Crippen molar-refractivity contribution in [2.45, 2.75) is 6.54 Å². The van der Waals surface area contributed by atoms with E-state index in [1.54, 1.807) is 18.2 Å². The third-order valence-corrected chi connectivity index (χ3v) is 4.47. The Morgan fingerprint density at radius 3 is 2.60 bits per heavy atom. The van der Waals surface area contributed by atoms with Crippen molar-refractivity contribution in [2.75, 3.05) is 38.6 Å². The van der Waals surface area contributed by atoms with Gasteiger partial charge in [-0.1, -0.05) is 23.7 Å². The van der Waals surface area contributed by atoms with Crippen molar-refractivity contribution in [1.82, 2.24) is 10.2 Å². The minimum Gasteiger partial charge on any atom is -0.496 e. The Bertz CT molecular complexity index is 728. The molecule has 1 heterocycles. The molecule has 1 amide bonds. The molecule has 2 aromatic rings. The first-order valence-electron chi connectivity index (χ1n) is 8.32. The molecule has 5 nitrogen and oxygen atoms in total. The molecule has 0 unspecified atom stereocenters. The summed E-state index contributed by atoms with van der Waals surface area (Å²) in [6.07, 6.45) is 0. The molecule has 3 rings (SSSR count). The Kier molecular flexibility index (Phi) is 5.91. The van der Waals surface area contributed by atoms with Gasteiger partial charge in [-0.3, -0.25) is 9.69 Å². The fourth-order valence-electron chi connectivity index (χ4n) is 2.88. The van der Waals surface area contributed by atoms with Crippen LogP contribution in [-0.2, 0) is 6.54 Å².